The molecule has 0 aromatic rings. The van der Waals surface area contributed by atoms with Gasteiger partial charge in [0.1, 0.15) is 0 Å². The average molecular weight is 231 g/mol. The fraction of sp³-hybridized carbons (Fsp3) is 0.600. The second-order valence-corrected chi connectivity index (χ2v) is 3.36. The lowest BCUT2D eigenvalue weighted by atomic mass is 10.1. The van der Waals surface area contributed by atoms with Crippen molar-refractivity contribution in [2.45, 2.75) is 19.9 Å². The Labute approximate surface area is 93.9 Å². The second kappa shape index (κ2) is 6.97. The van der Waals surface area contributed by atoms with E-state index in [0.717, 1.165) is 0 Å². The molecule has 1 amide bonds. The molecule has 0 aromatic carbocycles. The molecule has 0 aliphatic heterocycles. The molecule has 0 aromatic heterocycles. The summed E-state index contributed by atoms with van der Waals surface area (Å²) in [6.07, 6.45) is 0. The maximum Gasteiger partial charge on any atom is 0.331 e. The molecule has 16 heavy (non-hydrogen) atoms. The van der Waals surface area contributed by atoms with Gasteiger partial charge in [-0.05, 0) is 13.8 Å². The van der Waals surface area contributed by atoms with Crippen LogP contribution >= 0.6 is 0 Å². The summed E-state index contributed by atoms with van der Waals surface area (Å²) in [4.78, 5) is 22.1. The fourth-order valence-electron chi connectivity index (χ4n) is 0.966. The summed E-state index contributed by atoms with van der Waals surface area (Å²) in [5, 5.41) is 20.1. The molecule has 0 saturated carbocycles. The van der Waals surface area contributed by atoms with Gasteiger partial charge in [-0.1, -0.05) is 0 Å². The van der Waals surface area contributed by atoms with Crippen LogP contribution in [0.4, 0.5) is 0 Å². The van der Waals surface area contributed by atoms with Crippen LogP contribution in [-0.2, 0) is 14.3 Å². The zero-order valence-electron chi connectivity index (χ0n) is 9.61. The third-order valence-corrected chi connectivity index (χ3v) is 2.15. The summed E-state index contributed by atoms with van der Waals surface area (Å²) in [6.45, 7) is 2.67. The molecule has 0 rings (SSSR count). The van der Waals surface area contributed by atoms with E-state index in [9.17, 15) is 9.59 Å². The Morgan fingerprint density at radius 2 is 1.88 bits per heavy atom. The first kappa shape index (κ1) is 14.6. The van der Waals surface area contributed by atoms with Crippen LogP contribution in [0.25, 0.3) is 0 Å². The van der Waals surface area contributed by atoms with Gasteiger partial charge in [0.15, 0.2) is 0 Å². The summed E-state index contributed by atoms with van der Waals surface area (Å²) in [5.74, 6) is -1.66. The molecule has 1 unspecified atom stereocenters. The third kappa shape index (κ3) is 4.41. The lowest BCUT2D eigenvalue weighted by Gasteiger charge is -2.15. The van der Waals surface area contributed by atoms with Crippen molar-refractivity contribution in [2.24, 2.45) is 0 Å². The Hall–Kier alpha value is -1.40. The first-order chi connectivity index (χ1) is 7.43. The Kier molecular flexibility index (Phi) is 6.36. The number of ether oxygens (including phenoxy) is 1. The highest BCUT2D eigenvalue weighted by atomic mass is 16.5. The monoisotopic (exact) mass is 231 g/mol. The van der Waals surface area contributed by atoms with Crippen LogP contribution in [-0.4, -0.2) is 48.5 Å². The summed E-state index contributed by atoms with van der Waals surface area (Å²) in [5.41, 5.74) is 0.0914. The van der Waals surface area contributed by atoms with Crippen LogP contribution in [0.5, 0.6) is 0 Å². The highest BCUT2D eigenvalue weighted by Gasteiger charge is 2.16. The van der Waals surface area contributed by atoms with Crippen molar-refractivity contribution in [3.8, 4) is 0 Å². The third-order valence-electron chi connectivity index (χ3n) is 2.15. The molecule has 0 aliphatic carbocycles. The van der Waals surface area contributed by atoms with Gasteiger partial charge < -0.3 is 20.3 Å². The maximum atomic E-state index is 11.5. The lowest BCUT2D eigenvalue weighted by molar-refractivity contribution is -0.133. The summed E-state index contributed by atoms with van der Waals surface area (Å²) >= 11 is 0. The minimum Gasteiger partial charge on any atom is -0.478 e. The Bertz CT molecular complexity index is 298. The molecular weight excluding hydrogens is 214 g/mol. The summed E-state index contributed by atoms with van der Waals surface area (Å²) in [6, 6.07) is -0.533. The van der Waals surface area contributed by atoms with E-state index in [2.05, 4.69) is 5.32 Å². The second-order valence-electron chi connectivity index (χ2n) is 3.36. The first-order valence-corrected chi connectivity index (χ1v) is 4.75. The molecule has 0 heterocycles. The molecule has 0 spiro atoms. The number of hydrogen-bond donors (Lipinski definition) is 3. The maximum absolute atomic E-state index is 11.5. The largest absolute Gasteiger partial charge is 0.478 e. The Balaban J connectivity index is 4.57. The number of carboxylic acid groups (broad SMARTS) is 1. The molecule has 0 bridgehead atoms. The number of carboxylic acids is 1. The van der Waals surface area contributed by atoms with Gasteiger partial charge in [-0.25, -0.2) is 4.79 Å². The number of methoxy groups -OCH3 is 1. The Morgan fingerprint density at radius 3 is 2.25 bits per heavy atom. The van der Waals surface area contributed by atoms with Crippen LogP contribution < -0.4 is 5.32 Å². The normalized spacial score (nSPS) is 14.0. The van der Waals surface area contributed by atoms with E-state index < -0.39 is 17.9 Å². The predicted molar refractivity (Wildman–Crippen MR) is 56.9 cm³/mol. The SMILES string of the molecule is COCC(CO)NC(=O)C(C)=C(C)C(=O)O. The number of aliphatic hydroxyl groups excluding tert-OH is 1. The zero-order chi connectivity index (χ0) is 12.7. The van der Waals surface area contributed by atoms with E-state index in [1.807, 2.05) is 0 Å². The number of hydrogen-bond acceptors (Lipinski definition) is 4. The number of carbonyl (C=O) groups is 2. The molecular formula is C10H17NO5. The van der Waals surface area contributed by atoms with E-state index in [1.165, 1.54) is 21.0 Å². The number of nitrogens with one attached hydrogen (secondary N) is 1. The molecule has 6 nitrogen and oxygen atoms in total. The standard InChI is InChI=1S/C10H17NO5/c1-6(7(2)10(14)15)9(13)11-8(4-12)5-16-3/h8,12H,4-5H2,1-3H3,(H,11,13)(H,14,15). The number of aliphatic hydroxyl groups is 1. The van der Waals surface area contributed by atoms with Crippen molar-refractivity contribution in [2.75, 3.05) is 20.3 Å². The molecule has 0 radical (unpaired) electrons. The predicted octanol–water partition coefficient (Wildman–Crippen LogP) is -0.469. The van der Waals surface area contributed by atoms with E-state index >= 15 is 0 Å². The average Bonchev–Trinajstić information content (AvgIpc) is 2.25. The van der Waals surface area contributed by atoms with Gasteiger partial charge in [0, 0.05) is 18.3 Å². The van der Waals surface area contributed by atoms with E-state index in [4.69, 9.17) is 14.9 Å². The molecule has 0 saturated heterocycles. The number of rotatable bonds is 6. The van der Waals surface area contributed by atoms with Crippen molar-refractivity contribution in [3.63, 3.8) is 0 Å². The van der Waals surface area contributed by atoms with Gasteiger partial charge in [0.05, 0.1) is 19.3 Å². The van der Waals surface area contributed by atoms with Crippen molar-refractivity contribution in [1.82, 2.24) is 5.32 Å². The molecule has 1 atom stereocenters. The smallest absolute Gasteiger partial charge is 0.331 e. The summed E-state index contributed by atoms with van der Waals surface area (Å²) in [7, 11) is 1.44. The van der Waals surface area contributed by atoms with Crippen LogP contribution in [0.1, 0.15) is 13.8 Å². The van der Waals surface area contributed by atoms with Crippen molar-refractivity contribution in [3.05, 3.63) is 11.1 Å². The number of amides is 1. The van der Waals surface area contributed by atoms with Crippen LogP contribution in [0.3, 0.4) is 0 Å². The highest BCUT2D eigenvalue weighted by molar-refractivity contribution is 6.01. The highest BCUT2D eigenvalue weighted by Crippen LogP contribution is 2.03. The summed E-state index contributed by atoms with van der Waals surface area (Å²) < 4.78 is 4.78. The topological polar surface area (TPSA) is 95.9 Å². The van der Waals surface area contributed by atoms with Gasteiger partial charge in [0.2, 0.25) is 5.91 Å². The Morgan fingerprint density at radius 1 is 1.31 bits per heavy atom. The first-order valence-electron chi connectivity index (χ1n) is 4.75. The van der Waals surface area contributed by atoms with Crippen LogP contribution in [0.15, 0.2) is 11.1 Å². The lowest BCUT2D eigenvalue weighted by Crippen LogP contribution is -2.41. The van der Waals surface area contributed by atoms with Crippen molar-refractivity contribution in [1.29, 1.82) is 0 Å². The molecule has 3 N–H and O–H groups in total. The van der Waals surface area contributed by atoms with E-state index in [-0.39, 0.29) is 24.4 Å². The van der Waals surface area contributed by atoms with Gasteiger partial charge in [0.25, 0.3) is 0 Å². The van der Waals surface area contributed by atoms with Crippen molar-refractivity contribution >= 4 is 11.9 Å². The van der Waals surface area contributed by atoms with Gasteiger partial charge in [-0.15, -0.1) is 0 Å². The van der Waals surface area contributed by atoms with E-state index in [0.29, 0.717) is 0 Å². The molecule has 92 valence electrons. The van der Waals surface area contributed by atoms with Gasteiger partial charge in [-0.3, -0.25) is 4.79 Å². The van der Waals surface area contributed by atoms with E-state index in [1.54, 1.807) is 0 Å². The van der Waals surface area contributed by atoms with Crippen LogP contribution in [0.2, 0.25) is 0 Å². The molecule has 0 aliphatic rings. The zero-order valence-corrected chi connectivity index (χ0v) is 9.61. The fourth-order valence-corrected chi connectivity index (χ4v) is 0.966. The number of carbonyl (C=O) groups excluding carboxylic acids is 1. The van der Waals surface area contributed by atoms with Gasteiger partial charge in [-0.2, -0.15) is 0 Å². The molecule has 0 fully saturated rings. The number of aliphatic carboxylic acids is 1. The van der Waals surface area contributed by atoms with Crippen LogP contribution in [0, 0.1) is 0 Å². The van der Waals surface area contributed by atoms with Gasteiger partial charge >= 0.3 is 5.97 Å². The quantitative estimate of drug-likeness (QED) is 0.537. The van der Waals surface area contributed by atoms with Crippen molar-refractivity contribution < 1.29 is 24.5 Å². The molecule has 6 heteroatoms. The minimum atomic E-state index is -1.14. The minimum absolute atomic E-state index is 0.0217.